The van der Waals surface area contributed by atoms with Crippen molar-refractivity contribution in [2.45, 2.75) is 43.4 Å². The Morgan fingerprint density at radius 1 is 1.26 bits per heavy atom. The fraction of sp³-hybridized carbons (Fsp3) is 0.588. The van der Waals surface area contributed by atoms with Crippen LogP contribution in [0.3, 0.4) is 0 Å². The largest absolute Gasteiger partial charge is 0.497 e. The number of ether oxygens (including phenoxy) is 1. The Kier molecular flexibility index (Phi) is 3.91. The fourth-order valence-electron chi connectivity index (χ4n) is 4.11. The zero-order valence-corrected chi connectivity index (χ0v) is 12.8. The van der Waals surface area contributed by atoms with Crippen molar-refractivity contribution in [3.05, 3.63) is 29.8 Å². The normalized spacial score (nSPS) is 34.3. The lowest BCUT2D eigenvalue weighted by Crippen LogP contribution is -2.61. The molecule has 0 heterocycles. The average molecular weight is 328 g/mol. The molecule has 2 saturated carbocycles. The quantitative estimate of drug-likeness (QED) is 0.904. The number of methoxy groups -OCH3 is 1. The Hall–Kier alpha value is -1.56. The molecule has 3 nitrogen and oxygen atoms in total. The van der Waals surface area contributed by atoms with Crippen LogP contribution in [0.5, 0.6) is 5.75 Å². The zero-order valence-electron chi connectivity index (χ0n) is 12.8. The molecule has 0 saturated heterocycles. The average Bonchev–Trinajstić information content (AvgIpc) is 2.50. The van der Waals surface area contributed by atoms with Gasteiger partial charge < -0.3 is 9.84 Å². The molecule has 2 aliphatic carbocycles. The zero-order chi connectivity index (χ0) is 16.8. The van der Waals surface area contributed by atoms with Gasteiger partial charge in [0, 0.05) is 5.92 Å². The lowest BCUT2D eigenvalue weighted by molar-refractivity contribution is -0.289. The minimum absolute atomic E-state index is 0.107. The SMILES string of the molecule is COc1cccc([C@@H]2C[C@@](O)(C(F)(F)F)[C@H]3CCC[C@@H]2C3=O)c1. The van der Waals surface area contributed by atoms with Crippen molar-refractivity contribution < 1.29 is 27.8 Å². The predicted octanol–water partition coefficient (Wildman–Crippen LogP) is 3.46. The van der Waals surface area contributed by atoms with Crippen molar-refractivity contribution in [3.8, 4) is 5.75 Å². The second-order valence-corrected chi connectivity index (χ2v) is 6.50. The molecule has 0 radical (unpaired) electrons. The summed E-state index contributed by atoms with van der Waals surface area (Å²) in [6, 6.07) is 6.75. The molecule has 23 heavy (non-hydrogen) atoms. The van der Waals surface area contributed by atoms with E-state index in [2.05, 4.69) is 0 Å². The van der Waals surface area contributed by atoms with E-state index in [0.717, 1.165) is 0 Å². The Bertz CT molecular complexity index is 613. The van der Waals surface area contributed by atoms with Crippen LogP contribution in [0, 0.1) is 11.8 Å². The first-order valence-electron chi connectivity index (χ1n) is 7.74. The molecule has 0 aromatic heterocycles. The van der Waals surface area contributed by atoms with E-state index in [1.807, 2.05) is 0 Å². The maximum absolute atomic E-state index is 13.5. The van der Waals surface area contributed by atoms with Crippen LogP contribution in [0.4, 0.5) is 13.2 Å². The molecule has 4 atom stereocenters. The molecule has 1 N–H and O–H groups in total. The first-order valence-corrected chi connectivity index (χ1v) is 7.74. The highest BCUT2D eigenvalue weighted by Crippen LogP contribution is 2.55. The van der Waals surface area contributed by atoms with Crippen molar-refractivity contribution in [1.82, 2.24) is 0 Å². The molecule has 0 amide bonds. The lowest BCUT2D eigenvalue weighted by atomic mass is 9.57. The minimum atomic E-state index is -4.81. The molecule has 2 fully saturated rings. The van der Waals surface area contributed by atoms with Crippen molar-refractivity contribution in [2.75, 3.05) is 7.11 Å². The lowest BCUT2D eigenvalue weighted by Gasteiger charge is -2.49. The van der Waals surface area contributed by atoms with Crippen molar-refractivity contribution in [1.29, 1.82) is 0 Å². The molecule has 0 unspecified atom stereocenters. The third kappa shape index (κ3) is 2.53. The van der Waals surface area contributed by atoms with Crippen LogP contribution in [-0.2, 0) is 4.79 Å². The van der Waals surface area contributed by atoms with Crippen molar-refractivity contribution in [2.24, 2.45) is 11.8 Å². The van der Waals surface area contributed by atoms with Gasteiger partial charge in [-0.1, -0.05) is 18.6 Å². The molecule has 0 spiro atoms. The summed E-state index contributed by atoms with van der Waals surface area (Å²) in [6.07, 6.45) is -4.07. The number of hydrogen-bond acceptors (Lipinski definition) is 3. The third-order valence-corrected chi connectivity index (χ3v) is 5.32. The molecular weight excluding hydrogens is 309 g/mol. The molecule has 2 bridgehead atoms. The van der Waals surface area contributed by atoms with E-state index in [1.165, 1.54) is 7.11 Å². The van der Waals surface area contributed by atoms with E-state index in [1.54, 1.807) is 24.3 Å². The van der Waals surface area contributed by atoms with Crippen LogP contribution in [0.25, 0.3) is 0 Å². The maximum atomic E-state index is 13.5. The van der Waals surface area contributed by atoms with E-state index >= 15 is 0 Å². The van der Waals surface area contributed by atoms with E-state index in [0.29, 0.717) is 24.2 Å². The summed E-state index contributed by atoms with van der Waals surface area (Å²) in [5, 5.41) is 10.4. The highest BCUT2D eigenvalue weighted by molar-refractivity contribution is 5.87. The monoisotopic (exact) mass is 328 g/mol. The van der Waals surface area contributed by atoms with Gasteiger partial charge in [-0.25, -0.2) is 0 Å². The van der Waals surface area contributed by atoms with E-state index in [-0.39, 0.29) is 6.42 Å². The third-order valence-electron chi connectivity index (χ3n) is 5.32. The number of fused-ring (bicyclic) bond motifs is 2. The van der Waals surface area contributed by atoms with Crippen LogP contribution < -0.4 is 4.74 Å². The Balaban J connectivity index is 2.04. The molecule has 1 aromatic carbocycles. The van der Waals surface area contributed by atoms with Crippen molar-refractivity contribution >= 4 is 5.78 Å². The van der Waals surface area contributed by atoms with Crippen LogP contribution in [-0.4, -0.2) is 29.8 Å². The van der Waals surface area contributed by atoms with Crippen molar-refractivity contribution in [3.63, 3.8) is 0 Å². The number of aliphatic hydroxyl groups is 1. The molecular formula is C17H19F3O3. The molecule has 6 heteroatoms. The van der Waals surface area contributed by atoms with Crippen LogP contribution >= 0.6 is 0 Å². The highest BCUT2D eigenvalue weighted by atomic mass is 19.4. The van der Waals surface area contributed by atoms with E-state index < -0.39 is 41.7 Å². The molecule has 1 aromatic rings. The fourth-order valence-corrected chi connectivity index (χ4v) is 4.11. The molecule has 0 aliphatic heterocycles. The van der Waals surface area contributed by atoms with Gasteiger partial charge in [-0.3, -0.25) is 4.79 Å². The summed E-state index contributed by atoms with van der Waals surface area (Å²) < 4.78 is 45.6. The minimum Gasteiger partial charge on any atom is -0.497 e. The molecule has 3 rings (SSSR count). The number of hydrogen-bond donors (Lipinski definition) is 1. The summed E-state index contributed by atoms with van der Waals surface area (Å²) in [7, 11) is 1.48. The van der Waals surface area contributed by atoms with Gasteiger partial charge >= 0.3 is 6.18 Å². The predicted molar refractivity (Wildman–Crippen MR) is 77.2 cm³/mol. The highest BCUT2D eigenvalue weighted by Gasteiger charge is 2.65. The maximum Gasteiger partial charge on any atom is 0.417 e. The summed E-state index contributed by atoms with van der Waals surface area (Å²) in [6.45, 7) is 0. The number of ketones is 1. The number of rotatable bonds is 2. The molecule has 126 valence electrons. The Labute approximate surface area is 132 Å². The first-order chi connectivity index (χ1) is 10.8. The summed E-state index contributed by atoms with van der Waals surface area (Å²) in [5.74, 6) is -2.34. The Morgan fingerprint density at radius 2 is 2.00 bits per heavy atom. The van der Waals surface area contributed by atoms with Gasteiger partial charge in [-0.15, -0.1) is 0 Å². The van der Waals surface area contributed by atoms with Gasteiger partial charge in [-0.2, -0.15) is 13.2 Å². The van der Waals surface area contributed by atoms with Crippen LogP contribution in [0.15, 0.2) is 24.3 Å². The number of alkyl halides is 3. The van der Waals surface area contributed by atoms with Gasteiger partial charge in [0.25, 0.3) is 0 Å². The number of Topliss-reactive ketones (excluding diaryl/α,β-unsaturated/α-hetero) is 1. The number of benzene rings is 1. The topological polar surface area (TPSA) is 46.5 Å². The summed E-state index contributed by atoms with van der Waals surface area (Å²) >= 11 is 0. The summed E-state index contributed by atoms with van der Waals surface area (Å²) in [4.78, 5) is 12.5. The van der Waals surface area contributed by atoms with Gasteiger partial charge in [0.05, 0.1) is 13.0 Å². The smallest absolute Gasteiger partial charge is 0.417 e. The van der Waals surface area contributed by atoms with Crippen LogP contribution in [0.1, 0.15) is 37.2 Å². The number of carbonyl (C=O) groups is 1. The van der Waals surface area contributed by atoms with E-state index in [4.69, 9.17) is 4.74 Å². The van der Waals surface area contributed by atoms with Gasteiger partial charge in [0.1, 0.15) is 11.5 Å². The Morgan fingerprint density at radius 3 is 2.65 bits per heavy atom. The molecule has 2 aliphatic rings. The second-order valence-electron chi connectivity index (χ2n) is 6.50. The standard InChI is InChI=1S/C17H19F3O3/c1-23-11-5-2-4-10(8-11)13-9-16(22,17(18,19)20)14-7-3-6-12(13)15(14)21/h2,4-5,8,12-14,22H,3,6-7,9H2,1H3/t12-,13-,14-,16-/m0/s1. The van der Waals surface area contributed by atoms with Gasteiger partial charge in [0.2, 0.25) is 0 Å². The second kappa shape index (κ2) is 5.51. The van der Waals surface area contributed by atoms with Crippen LogP contribution in [0.2, 0.25) is 0 Å². The number of halogens is 3. The van der Waals surface area contributed by atoms with E-state index in [9.17, 15) is 23.1 Å². The first kappa shape index (κ1) is 16.3. The summed E-state index contributed by atoms with van der Waals surface area (Å²) in [5.41, 5.74) is -2.32. The number of carbonyl (C=O) groups excluding carboxylic acids is 1. The van der Waals surface area contributed by atoms with Gasteiger partial charge in [-0.05, 0) is 42.9 Å². The van der Waals surface area contributed by atoms with Gasteiger partial charge in [0.15, 0.2) is 5.60 Å².